The lowest BCUT2D eigenvalue weighted by Crippen LogP contribution is -2.30. The molecule has 0 spiro atoms. The van der Waals surface area contributed by atoms with Crippen LogP contribution in [0.25, 0.3) is 0 Å². The van der Waals surface area contributed by atoms with Gasteiger partial charge in [-0.3, -0.25) is 14.3 Å². The first kappa shape index (κ1) is 12.4. The number of benzene rings is 1. The molecule has 0 aliphatic rings. The molecule has 0 saturated carbocycles. The molecule has 5 nitrogen and oxygen atoms in total. The Kier molecular flexibility index (Phi) is 3.84. The Labute approximate surface area is 108 Å². The van der Waals surface area contributed by atoms with Crippen LogP contribution in [-0.2, 0) is 6.54 Å². The Balaban J connectivity index is 1.96. The zero-order valence-electron chi connectivity index (χ0n) is 9.52. The molecule has 1 aromatic carbocycles. The number of aromatic nitrogens is 2. The van der Waals surface area contributed by atoms with Crippen LogP contribution in [0.3, 0.4) is 0 Å². The Morgan fingerprint density at radius 2 is 2.11 bits per heavy atom. The van der Waals surface area contributed by atoms with Crippen LogP contribution in [0.1, 0.15) is 0 Å². The van der Waals surface area contributed by atoms with Gasteiger partial charge >= 0.3 is 5.69 Å². The van der Waals surface area contributed by atoms with Crippen molar-refractivity contribution < 1.29 is 0 Å². The number of nitrogens with zero attached hydrogens (tertiary/aromatic N) is 1. The highest BCUT2D eigenvalue weighted by molar-refractivity contribution is 6.30. The first-order chi connectivity index (χ1) is 8.65. The third kappa shape index (κ3) is 3.24. The smallest absolute Gasteiger partial charge is 0.328 e. The number of nitrogens with one attached hydrogen (secondary N) is 2. The molecule has 2 aromatic rings. The van der Waals surface area contributed by atoms with Crippen molar-refractivity contribution in [1.82, 2.24) is 9.55 Å². The van der Waals surface area contributed by atoms with Crippen molar-refractivity contribution in [3.63, 3.8) is 0 Å². The number of aromatic amines is 1. The zero-order chi connectivity index (χ0) is 13.0. The first-order valence-electron chi connectivity index (χ1n) is 5.44. The van der Waals surface area contributed by atoms with Crippen molar-refractivity contribution in [2.45, 2.75) is 6.54 Å². The van der Waals surface area contributed by atoms with Crippen LogP contribution in [0.4, 0.5) is 5.69 Å². The Morgan fingerprint density at radius 1 is 1.28 bits per heavy atom. The van der Waals surface area contributed by atoms with E-state index in [0.717, 1.165) is 5.69 Å². The number of halogens is 1. The van der Waals surface area contributed by atoms with Gasteiger partial charge < -0.3 is 5.32 Å². The van der Waals surface area contributed by atoms with Gasteiger partial charge in [0, 0.05) is 36.1 Å². The fraction of sp³-hybridized carbons (Fsp3) is 0.167. The van der Waals surface area contributed by atoms with Crippen molar-refractivity contribution in [2.75, 3.05) is 11.9 Å². The minimum Gasteiger partial charge on any atom is -0.383 e. The van der Waals surface area contributed by atoms with Gasteiger partial charge in [0.05, 0.1) is 0 Å². The molecule has 6 heteroatoms. The lowest BCUT2D eigenvalue weighted by atomic mass is 10.3. The highest BCUT2D eigenvalue weighted by atomic mass is 35.5. The molecular weight excluding hydrogens is 254 g/mol. The highest BCUT2D eigenvalue weighted by Crippen LogP contribution is 2.14. The zero-order valence-corrected chi connectivity index (χ0v) is 10.3. The molecule has 1 aromatic heterocycles. The van der Waals surface area contributed by atoms with Crippen LogP contribution in [-0.4, -0.2) is 16.1 Å². The van der Waals surface area contributed by atoms with Crippen LogP contribution in [0.2, 0.25) is 5.02 Å². The number of hydrogen-bond acceptors (Lipinski definition) is 3. The second-order valence-electron chi connectivity index (χ2n) is 3.74. The third-order valence-electron chi connectivity index (χ3n) is 2.40. The monoisotopic (exact) mass is 265 g/mol. The molecule has 0 aliphatic heterocycles. The van der Waals surface area contributed by atoms with Gasteiger partial charge in [0.15, 0.2) is 0 Å². The summed E-state index contributed by atoms with van der Waals surface area (Å²) in [6.07, 6.45) is 1.47. The molecule has 0 saturated heterocycles. The molecule has 94 valence electrons. The SMILES string of the molecule is O=c1ccn(CCNc2cccc(Cl)c2)c(=O)[nH]1. The van der Waals surface area contributed by atoms with Crippen molar-refractivity contribution in [1.29, 1.82) is 0 Å². The summed E-state index contributed by atoms with van der Waals surface area (Å²) in [6.45, 7) is 1.02. The topological polar surface area (TPSA) is 66.9 Å². The summed E-state index contributed by atoms with van der Waals surface area (Å²) in [6, 6.07) is 8.65. The molecule has 2 rings (SSSR count). The minimum absolute atomic E-state index is 0.390. The van der Waals surface area contributed by atoms with E-state index in [2.05, 4.69) is 10.3 Å². The summed E-state index contributed by atoms with van der Waals surface area (Å²) in [4.78, 5) is 24.5. The summed E-state index contributed by atoms with van der Waals surface area (Å²) in [5.74, 6) is 0. The average Bonchev–Trinajstić information content (AvgIpc) is 2.32. The van der Waals surface area contributed by atoms with E-state index in [0.29, 0.717) is 18.1 Å². The van der Waals surface area contributed by atoms with Gasteiger partial charge in [0.2, 0.25) is 0 Å². The van der Waals surface area contributed by atoms with Crippen LogP contribution >= 0.6 is 11.6 Å². The predicted molar refractivity (Wildman–Crippen MR) is 71.3 cm³/mol. The van der Waals surface area contributed by atoms with Crippen LogP contribution < -0.4 is 16.6 Å². The highest BCUT2D eigenvalue weighted by Gasteiger charge is 1.97. The third-order valence-corrected chi connectivity index (χ3v) is 2.64. The summed E-state index contributed by atoms with van der Waals surface area (Å²) in [5.41, 5.74) is 0.0921. The predicted octanol–water partition coefficient (Wildman–Crippen LogP) is 1.30. The van der Waals surface area contributed by atoms with Gasteiger partial charge in [-0.15, -0.1) is 0 Å². The normalized spacial score (nSPS) is 10.3. The van der Waals surface area contributed by atoms with Gasteiger partial charge in [0.25, 0.3) is 5.56 Å². The maximum Gasteiger partial charge on any atom is 0.328 e. The second kappa shape index (κ2) is 5.55. The standard InChI is InChI=1S/C12H12ClN3O2/c13-9-2-1-3-10(8-9)14-5-7-16-6-4-11(17)15-12(16)18/h1-4,6,8,14H,5,7H2,(H,15,17,18). The molecular formula is C12H12ClN3O2. The molecule has 0 unspecified atom stereocenters. The molecule has 2 N–H and O–H groups in total. The van der Waals surface area contributed by atoms with E-state index >= 15 is 0 Å². The van der Waals surface area contributed by atoms with Crippen molar-refractivity contribution in [3.05, 3.63) is 62.4 Å². The lowest BCUT2D eigenvalue weighted by molar-refractivity contribution is 0.669. The average molecular weight is 266 g/mol. The van der Waals surface area contributed by atoms with Crippen LogP contribution in [0.5, 0.6) is 0 Å². The Bertz CT molecular complexity index is 648. The Hall–Kier alpha value is -2.01. The fourth-order valence-corrected chi connectivity index (χ4v) is 1.73. The molecule has 0 bridgehead atoms. The van der Waals surface area contributed by atoms with Gasteiger partial charge in [-0.25, -0.2) is 4.79 Å². The van der Waals surface area contributed by atoms with E-state index in [-0.39, 0.29) is 5.56 Å². The number of anilines is 1. The summed E-state index contributed by atoms with van der Waals surface area (Å²) in [7, 11) is 0. The second-order valence-corrected chi connectivity index (χ2v) is 4.18. The maximum atomic E-state index is 11.4. The quantitative estimate of drug-likeness (QED) is 0.876. The lowest BCUT2D eigenvalue weighted by Gasteiger charge is -2.08. The van der Waals surface area contributed by atoms with Crippen molar-refractivity contribution in [2.24, 2.45) is 0 Å². The minimum atomic E-state index is -0.407. The molecule has 0 radical (unpaired) electrons. The van der Waals surface area contributed by atoms with Crippen LogP contribution in [0.15, 0.2) is 46.1 Å². The largest absolute Gasteiger partial charge is 0.383 e. The molecule has 0 aliphatic carbocycles. The van der Waals surface area contributed by atoms with E-state index in [9.17, 15) is 9.59 Å². The molecule has 0 amide bonds. The number of H-pyrrole nitrogens is 1. The molecule has 0 atom stereocenters. The van der Waals surface area contributed by atoms with E-state index in [1.54, 1.807) is 12.1 Å². The molecule has 1 heterocycles. The van der Waals surface area contributed by atoms with Gasteiger partial charge in [0.1, 0.15) is 0 Å². The fourth-order valence-electron chi connectivity index (χ4n) is 1.54. The summed E-state index contributed by atoms with van der Waals surface area (Å²) >= 11 is 5.85. The maximum absolute atomic E-state index is 11.4. The van der Waals surface area contributed by atoms with Gasteiger partial charge in [-0.05, 0) is 18.2 Å². The van der Waals surface area contributed by atoms with Crippen molar-refractivity contribution in [3.8, 4) is 0 Å². The molecule has 18 heavy (non-hydrogen) atoms. The number of hydrogen-bond donors (Lipinski definition) is 2. The van der Waals surface area contributed by atoms with Gasteiger partial charge in [-0.1, -0.05) is 17.7 Å². The van der Waals surface area contributed by atoms with Crippen LogP contribution in [0, 0.1) is 0 Å². The molecule has 0 fully saturated rings. The first-order valence-corrected chi connectivity index (χ1v) is 5.82. The van der Waals surface area contributed by atoms with Gasteiger partial charge in [-0.2, -0.15) is 0 Å². The summed E-state index contributed by atoms with van der Waals surface area (Å²) in [5, 5.41) is 3.79. The van der Waals surface area contributed by atoms with Crippen molar-refractivity contribution >= 4 is 17.3 Å². The van der Waals surface area contributed by atoms with E-state index in [1.807, 2.05) is 12.1 Å². The van der Waals surface area contributed by atoms with E-state index < -0.39 is 5.69 Å². The number of rotatable bonds is 4. The Morgan fingerprint density at radius 3 is 2.83 bits per heavy atom. The summed E-state index contributed by atoms with van der Waals surface area (Å²) < 4.78 is 1.43. The van der Waals surface area contributed by atoms with E-state index in [4.69, 9.17) is 11.6 Å². The van der Waals surface area contributed by atoms with E-state index in [1.165, 1.54) is 16.8 Å².